The SMILES string of the molecule is O=[N+]([O-])c1cc(Cl)c(NCC2CC3CCC2C3)c(Cl)c1. The van der Waals surface area contributed by atoms with Crippen LogP contribution in [0.3, 0.4) is 0 Å². The molecule has 6 heteroatoms. The summed E-state index contributed by atoms with van der Waals surface area (Å²) in [5.41, 5.74) is 0.534. The average Bonchev–Trinajstić information content (AvgIpc) is 2.99. The van der Waals surface area contributed by atoms with Gasteiger partial charge in [-0.1, -0.05) is 29.6 Å². The highest BCUT2D eigenvalue weighted by Gasteiger charge is 2.39. The largest absolute Gasteiger partial charge is 0.382 e. The summed E-state index contributed by atoms with van der Waals surface area (Å²) in [5.74, 6) is 2.40. The number of halogens is 2. The lowest BCUT2D eigenvalue weighted by molar-refractivity contribution is -0.384. The minimum absolute atomic E-state index is 0.0783. The van der Waals surface area contributed by atoms with Crippen LogP contribution in [0.15, 0.2) is 12.1 Å². The van der Waals surface area contributed by atoms with Crippen LogP contribution in [-0.4, -0.2) is 11.5 Å². The van der Waals surface area contributed by atoms with Gasteiger partial charge in [-0.15, -0.1) is 0 Å². The van der Waals surface area contributed by atoms with Crippen LogP contribution in [0.5, 0.6) is 0 Å². The van der Waals surface area contributed by atoms with E-state index in [0.29, 0.717) is 21.7 Å². The third-order valence-electron chi connectivity index (χ3n) is 4.66. The van der Waals surface area contributed by atoms with E-state index in [1.807, 2.05) is 0 Å². The Balaban J connectivity index is 1.70. The van der Waals surface area contributed by atoms with Crippen LogP contribution in [0.1, 0.15) is 25.7 Å². The Labute approximate surface area is 127 Å². The lowest BCUT2D eigenvalue weighted by atomic mass is 9.89. The third-order valence-corrected chi connectivity index (χ3v) is 5.26. The minimum Gasteiger partial charge on any atom is -0.382 e. The van der Waals surface area contributed by atoms with Gasteiger partial charge in [-0.3, -0.25) is 10.1 Å². The highest BCUT2D eigenvalue weighted by atomic mass is 35.5. The molecule has 0 amide bonds. The average molecular weight is 315 g/mol. The van der Waals surface area contributed by atoms with Crippen molar-refractivity contribution in [3.63, 3.8) is 0 Å². The van der Waals surface area contributed by atoms with Crippen molar-refractivity contribution in [2.75, 3.05) is 11.9 Å². The molecule has 3 rings (SSSR count). The quantitative estimate of drug-likeness (QED) is 0.644. The molecule has 3 atom stereocenters. The lowest BCUT2D eigenvalue weighted by Crippen LogP contribution is -2.20. The summed E-state index contributed by atoms with van der Waals surface area (Å²) in [6, 6.07) is 2.69. The van der Waals surface area contributed by atoms with Crippen molar-refractivity contribution < 1.29 is 4.92 Å². The molecule has 0 heterocycles. The molecule has 0 radical (unpaired) electrons. The van der Waals surface area contributed by atoms with Crippen molar-refractivity contribution in [3.05, 3.63) is 32.3 Å². The van der Waals surface area contributed by atoms with Crippen molar-refractivity contribution in [1.29, 1.82) is 0 Å². The van der Waals surface area contributed by atoms with Crippen LogP contribution in [0, 0.1) is 27.9 Å². The van der Waals surface area contributed by atoms with E-state index in [0.717, 1.165) is 18.4 Å². The Hall–Kier alpha value is -1.00. The molecular weight excluding hydrogens is 299 g/mol. The summed E-state index contributed by atoms with van der Waals surface area (Å²) < 4.78 is 0. The second-order valence-corrected chi connectivity index (χ2v) is 6.67. The summed E-state index contributed by atoms with van der Waals surface area (Å²) in [4.78, 5) is 10.2. The van der Waals surface area contributed by atoms with Gasteiger partial charge in [0.2, 0.25) is 0 Å². The maximum absolute atomic E-state index is 10.7. The molecule has 2 aliphatic carbocycles. The zero-order chi connectivity index (χ0) is 14.3. The van der Waals surface area contributed by atoms with Crippen LogP contribution >= 0.6 is 23.2 Å². The molecular formula is C14H16Cl2N2O2. The fourth-order valence-electron chi connectivity index (χ4n) is 3.69. The number of nitrogens with zero attached hydrogens (tertiary/aromatic N) is 1. The zero-order valence-corrected chi connectivity index (χ0v) is 12.5. The van der Waals surface area contributed by atoms with Gasteiger partial charge in [0.05, 0.1) is 20.7 Å². The monoisotopic (exact) mass is 314 g/mol. The first-order valence-corrected chi connectivity index (χ1v) is 7.67. The number of anilines is 1. The second kappa shape index (κ2) is 5.41. The van der Waals surface area contributed by atoms with Gasteiger partial charge < -0.3 is 5.32 Å². The Morgan fingerprint density at radius 3 is 2.45 bits per heavy atom. The lowest BCUT2D eigenvalue weighted by Gasteiger charge is -2.23. The number of rotatable bonds is 4. The van der Waals surface area contributed by atoms with Crippen LogP contribution in [0.25, 0.3) is 0 Å². The molecule has 2 saturated carbocycles. The first-order valence-electron chi connectivity index (χ1n) is 6.92. The van der Waals surface area contributed by atoms with Gasteiger partial charge in [-0.2, -0.15) is 0 Å². The van der Waals surface area contributed by atoms with Crippen LogP contribution < -0.4 is 5.32 Å². The summed E-state index contributed by atoms with van der Waals surface area (Å²) >= 11 is 12.2. The van der Waals surface area contributed by atoms with E-state index in [1.165, 1.54) is 37.8 Å². The molecule has 0 aromatic heterocycles. The van der Waals surface area contributed by atoms with Crippen molar-refractivity contribution >= 4 is 34.6 Å². The van der Waals surface area contributed by atoms with Gasteiger partial charge in [0.25, 0.3) is 5.69 Å². The topological polar surface area (TPSA) is 55.2 Å². The van der Waals surface area contributed by atoms with Crippen LogP contribution in [0.4, 0.5) is 11.4 Å². The molecule has 3 unspecified atom stereocenters. The summed E-state index contributed by atoms with van der Waals surface area (Å²) in [6.45, 7) is 0.846. The number of hydrogen-bond donors (Lipinski definition) is 1. The Morgan fingerprint density at radius 2 is 1.95 bits per heavy atom. The number of nitrogens with one attached hydrogen (secondary N) is 1. The van der Waals surface area contributed by atoms with Gasteiger partial charge >= 0.3 is 0 Å². The van der Waals surface area contributed by atoms with E-state index in [4.69, 9.17) is 23.2 Å². The predicted molar refractivity (Wildman–Crippen MR) is 80.5 cm³/mol. The summed E-state index contributed by atoms with van der Waals surface area (Å²) in [6.07, 6.45) is 5.34. The molecule has 0 spiro atoms. The number of benzene rings is 1. The highest BCUT2D eigenvalue weighted by Crippen LogP contribution is 2.48. The molecule has 1 aromatic rings. The molecule has 108 valence electrons. The Bertz CT molecular complexity index is 527. The molecule has 2 aliphatic rings. The summed E-state index contributed by atoms with van der Waals surface area (Å²) in [7, 11) is 0. The van der Waals surface area contributed by atoms with Gasteiger partial charge in [0, 0.05) is 18.7 Å². The van der Waals surface area contributed by atoms with Gasteiger partial charge in [-0.05, 0) is 37.0 Å². The molecule has 0 saturated heterocycles. The molecule has 4 nitrogen and oxygen atoms in total. The smallest absolute Gasteiger partial charge is 0.272 e. The fourth-order valence-corrected chi connectivity index (χ4v) is 4.30. The first-order chi connectivity index (χ1) is 9.54. The zero-order valence-electron chi connectivity index (χ0n) is 10.9. The van der Waals surface area contributed by atoms with E-state index >= 15 is 0 Å². The highest BCUT2D eigenvalue weighted by molar-refractivity contribution is 6.39. The molecule has 20 heavy (non-hydrogen) atoms. The standard InChI is InChI=1S/C14H16Cl2N2O2/c15-12-5-11(18(19)20)6-13(16)14(12)17-7-10-4-8-1-2-9(10)3-8/h5-6,8-10,17H,1-4,7H2. The van der Waals surface area contributed by atoms with E-state index in [2.05, 4.69) is 5.32 Å². The van der Waals surface area contributed by atoms with Crippen LogP contribution in [-0.2, 0) is 0 Å². The van der Waals surface area contributed by atoms with E-state index in [1.54, 1.807) is 0 Å². The van der Waals surface area contributed by atoms with Crippen molar-refractivity contribution in [3.8, 4) is 0 Å². The summed E-state index contributed by atoms with van der Waals surface area (Å²) in [5, 5.41) is 14.7. The van der Waals surface area contributed by atoms with Crippen molar-refractivity contribution in [2.45, 2.75) is 25.7 Å². The van der Waals surface area contributed by atoms with Gasteiger partial charge in [0.15, 0.2) is 0 Å². The van der Waals surface area contributed by atoms with Crippen LogP contribution in [0.2, 0.25) is 10.0 Å². The number of fused-ring (bicyclic) bond motifs is 2. The number of non-ortho nitro benzene ring substituents is 1. The second-order valence-electron chi connectivity index (χ2n) is 5.86. The van der Waals surface area contributed by atoms with Gasteiger partial charge in [0.1, 0.15) is 0 Å². The van der Waals surface area contributed by atoms with E-state index in [9.17, 15) is 10.1 Å². The minimum atomic E-state index is -0.489. The molecule has 2 fully saturated rings. The maximum atomic E-state index is 10.7. The Morgan fingerprint density at radius 1 is 1.25 bits per heavy atom. The van der Waals surface area contributed by atoms with Crippen molar-refractivity contribution in [1.82, 2.24) is 0 Å². The van der Waals surface area contributed by atoms with Crippen molar-refractivity contribution in [2.24, 2.45) is 17.8 Å². The molecule has 1 N–H and O–H groups in total. The normalized spacial score (nSPS) is 27.8. The molecule has 2 bridgehead atoms. The molecule has 0 aliphatic heterocycles. The first kappa shape index (κ1) is 14.0. The third kappa shape index (κ3) is 2.59. The van der Waals surface area contributed by atoms with E-state index in [-0.39, 0.29) is 5.69 Å². The predicted octanol–water partition coefficient (Wildman–Crippen LogP) is 4.75. The van der Waals surface area contributed by atoms with E-state index < -0.39 is 4.92 Å². The number of nitro groups is 1. The molecule has 1 aromatic carbocycles. The number of hydrogen-bond acceptors (Lipinski definition) is 3. The number of nitro benzene ring substituents is 1. The van der Waals surface area contributed by atoms with Gasteiger partial charge in [-0.25, -0.2) is 0 Å². The fraction of sp³-hybridized carbons (Fsp3) is 0.571. The Kier molecular flexibility index (Phi) is 3.78. The maximum Gasteiger partial charge on any atom is 0.272 e.